The minimum absolute atomic E-state index is 0.114. The maximum Gasteiger partial charge on any atom is 0.238 e. The highest BCUT2D eigenvalue weighted by molar-refractivity contribution is 7.13. The Kier molecular flexibility index (Phi) is 5.85. The van der Waals surface area contributed by atoms with Gasteiger partial charge >= 0.3 is 0 Å². The van der Waals surface area contributed by atoms with Crippen molar-refractivity contribution in [3.63, 3.8) is 0 Å². The number of carbonyl (C=O) groups is 3. The lowest BCUT2D eigenvalue weighted by Gasteiger charge is -2.20. The molecule has 0 aliphatic carbocycles. The van der Waals surface area contributed by atoms with E-state index in [9.17, 15) is 14.4 Å². The van der Waals surface area contributed by atoms with Crippen LogP contribution in [0, 0.1) is 19.8 Å². The van der Waals surface area contributed by atoms with Gasteiger partial charge in [0.25, 0.3) is 0 Å². The summed E-state index contributed by atoms with van der Waals surface area (Å²) < 4.78 is 0. The zero-order valence-electron chi connectivity index (χ0n) is 15.3. The molecule has 2 aromatic rings. The number of anilines is 2. The van der Waals surface area contributed by atoms with E-state index in [0.717, 1.165) is 17.7 Å². The van der Waals surface area contributed by atoms with Gasteiger partial charge < -0.3 is 16.0 Å². The topological polar surface area (TPSA) is 100 Å². The monoisotopic (exact) mass is 386 g/mol. The number of aromatic nitrogens is 1. The van der Waals surface area contributed by atoms with Crippen molar-refractivity contribution in [2.75, 3.05) is 17.2 Å². The van der Waals surface area contributed by atoms with Crippen molar-refractivity contribution in [1.82, 2.24) is 10.3 Å². The fourth-order valence-electron chi connectivity index (χ4n) is 2.85. The second kappa shape index (κ2) is 8.30. The lowest BCUT2D eigenvalue weighted by atomic mass is 9.98. The van der Waals surface area contributed by atoms with Crippen LogP contribution >= 0.6 is 11.3 Å². The number of nitrogens with zero attached hydrogens (tertiary/aromatic N) is 1. The SMILES string of the molecule is Cc1ccc(NC(=O)Cc2csc(NC(=O)C3CCCNC3=O)n2)cc1C. The normalized spacial score (nSPS) is 16.5. The van der Waals surface area contributed by atoms with E-state index in [0.29, 0.717) is 23.8 Å². The second-order valence-electron chi connectivity index (χ2n) is 6.64. The first-order chi connectivity index (χ1) is 12.9. The van der Waals surface area contributed by atoms with Crippen molar-refractivity contribution in [2.24, 2.45) is 5.92 Å². The Balaban J connectivity index is 1.55. The number of hydrogen-bond acceptors (Lipinski definition) is 5. The van der Waals surface area contributed by atoms with Gasteiger partial charge in [0.1, 0.15) is 5.92 Å². The molecule has 0 saturated carbocycles. The third kappa shape index (κ3) is 4.91. The molecule has 3 N–H and O–H groups in total. The first-order valence-electron chi connectivity index (χ1n) is 8.82. The maximum atomic E-state index is 12.2. The van der Waals surface area contributed by atoms with Crippen LogP contribution in [0.4, 0.5) is 10.8 Å². The van der Waals surface area contributed by atoms with Gasteiger partial charge in [-0.2, -0.15) is 0 Å². The molecule has 0 radical (unpaired) electrons. The molecule has 1 aromatic carbocycles. The average Bonchev–Trinajstić information content (AvgIpc) is 3.05. The fraction of sp³-hybridized carbons (Fsp3) is 0.368. The molecule has 7 nitrogen and oxygen atoms in total. The number of hydrogen-bond donors (Lipinski definition) is 3. The molecule has 1 aliphatic heterocycles. The summed E-state index contributed by atoms with van der Waals surface area (Å²) in [6.45, 7) is 4.62. The zero-order valence-corrected chi connectivity index (χ0v) is 16.1. The number of thiazole rings is 1. The summed E-state index contributed by atoms with van der Waals surface area (Å²) in [7, 11) is 0. The molecule has 1 unspecified atom stereocenters. The highest BCUT2D eigenvalue weighted by Gasteiger charge is 2.29. The Labute approximate surface area is 161 Å². The fourth-order valence-corrected chi connectivity index (χ4v) is 3.56. The Hall–Kier alpha value is -2.74. The van der Waals surface area contributed by atoms with Gasteiger partial charge in [0.05, 0.1) is 12.1 Å². The first kappa shape index (κ1) is 19.0. The molecule has 1 fully saturated rings. The molecule has 3 amide bonds. The van der Waals surface area contributed by atoms with E-state index in [-0.39, 0.29) is 24.1 Å². The van der Waals surface area contributed by atoms with Crippen LogP contribution in [-0.4, -0.2) is 29.3 Å². The lowest BCUT2D eigenvalue weighted by Crippen LogP contribution is -2.42. The van der Waals surface area contributed by atoms with Gasteiger partial charge in [-0.15, -0.1) is 11.3 Å². The molecule has 1 aromatic heterocycles. The van der Waals surface area contributed by atoms with E-state index >= 15 is 0 Å². The number of aryl methyl sites for hydroxylation is 2. The van der Waals surface area contributed by atoms with Crippen molar-refractivity contribution in [3.8, 4) is 0 Å². The summed E-state index contributed by atoms with van der Waals surface area (Å²) in [4.78, 5) is 40.5. The Morgan fingerprint density at radius 3 is 2.81 bits per heavy atom. The van der Waals surface area contributed by atoms with Crippen LogP contribution in [0.25, 0.3) is 0 Å². The summed E-state index contributed by atoms with van der Waals surface area (Å²) in [5.41, 5.74) is 3.60. The average molecular weight is 386 g/mol. The quantitative estimate of drug-likeness (QED) is 0.687. The van der Waals surface area contributed by atoms with Gasteiger partial charge in [0.15, 0.2) is 5.13 Å². The third-order valence-corrected chi connectivity index (χ3v) is 5.32. The van der Waals surface area contributed by atoms with Gasteiger partial charge in [-0.25, -0.2) is 4.98 Å². The van der Waals surface area contributed by atoms with Gasteiger partial charge in [-0.3, -0.25) is 14.4 Å². The summed E-state index contributed by atoms with van der Waals surface area (Å²) in [5.74, 6) is -1.46. The smallest absolute Gasteiger partial charge is 0.238 e. The lowest BCUT2D eigenvalue weighted by molar-refractivity contribution is -0.134. The molecule has 3 rings (SSSR count). The van der Waals surface area contributed by atoms with Crippen LogP contribution in [0.1, 0.15) is 29.7 Å². The van der Waals surface area contributed by atoms with Crippen molar-refractivity contribution < 1.29 is 14.4 Å². The number of rotatable bonds is 5. The molecule has 142 valence electrons. The zero-order chi connectivity index (χ0) is 19.4. The van der Waals surface area contributed by atoms with E-state index < -0.39 is 5.92 Å². The van der Waals surface area contributed by atoms with Crippen LogP contribution < -0.4 is 16.0 Å². The molecule has 0 bridgehead atoms. The summed E-state index contributed by atoms with van der Waals surface area (Å²) in [5, 5.41) is 10.3. The van der Waals surface area contributed by atoms with Crippen LogP contribution in [0.3, 0.4) is 0 Å². The molecule has 1 saturated heterocycles. The Bertz CT molecular complexity index is 878. The third-order valence-electron chi connectivity index (χ3n) is 4.52. The molecular formula is C19H22N4O3S. The number of nitrogens with one attached hydrogen (secondary N) is 3. The number of amides is 3. The molecule has 27 heavy (non-hydrogen) atoms. The predicted molar refractivity (Wildman–Crippen MR) is 105 cm³/mol. The van der Waals surface area contributed by atoms with E-state index in [1.165, 1.54) is 16.9 Å². The second-order valence-corrected chi connectivity index (χ2v) is 7.50. The molecule has 1 aliphatic rings. The van der Waals surface area contributed by atoms with Crippen molar-refractivity contribution in [1.29, 1.82) is 0 Å². The highest BCUT2D eigenvalue weighted by atomic mass is 32.1. The summed E-state index contributed by atoms with van der Waals surface area (Å²) in [6.07, 6.45) is 1.43. The molecular weight excluding hydrogens is 364 g/mol. The van der Waals surface area contributed by atoms with Crippen molar-refractivity contribution in [2.45, 2.75) is 33.1 Å². The molecule has 1 atom stereocenters. The van der Waals surface area contributed by atoms with Crippen LogP contribution in [0.15, 0.2) is 23.6 Å². The number of benzene rings is 1. The van der Waals surface area contributed by atoms with Crippen molar-refractivity contribution >= 4 is 39.9 Å². The van der Waals surface area contributed by atoms with E-state index in [4.69, 9.17) is 0 Å². The van der Waals surface area contributed by atoms with Crippen LogP contribution in [0.2, 0.25) is 0 Å². The standard InChI is InChI=1S/C19H22N4O3S/c1-11-5-6-13(8-12(11)2)21-16(24)9-14-10-27-19(22-14)23-18(26)15-4-3-7-20-17(15)25/h5-6,8,10,15H,3-4,7,9H2,1-2H3,(H,20,25)(H,21,24)(H,22,23,26). The Morgan fingerprint density at radius 1 is 1.26 bits per heavy atom. The minimum Gasteiger partial charge on any atom is -0.355 e. The van der Waals surface area contributed by atoms with Gasteiger partial charge in [-0.05, 0) is 49.9 Å². The van der Waals surface area contributed by atoms with Crippen LogP contribution in [-0.2, 0) is 20.8 Å². The molecule has 8 heteroatoms. The van der Waals surface area contributed by atoms with Crippen molar-refractivity contribution in [3.05, 3.63) is 40.4 Å². The number of piperidine rings is 1. The minimum atomic E-state index is -0.681. The first-order valence-corrected chi connectivity index (χ1v) is 9.70. The summed E-state index contributed by atoms with van der Waals surface area (Å²) >= 11 is 1.24. The predicted octanol–water partition coefficient (Wildman–Crippen LogP) is 2.41. The summed E-state index contributed by atoms with van der Waals surface area (Å²) in [6, 6.07) is 5.75. The van der Waals surface area contributed by atoms with E-state index in [2.05, 4.69) is 20.9 Å². The highest BCUT2D eigenvalue weighted by Crippen LogP contribution is 2.20. The van der Waals surface area contributed by atoms with Gasteiger partial charge in [0.2, 0.25) is 17.7 Å². The van der Waals surface area contributed by atoms with Crippen LogP contribution in [0.5, 0.6) is 0 Å². The van der Waals surface area contributed by atoms with Gasteiger partial charge in [-0.1, -0.05) is 6.07 Å². The molecule has 0 spiro atoms. The maximum absolute atomic E-state index is 12.2. The van der Waals surface area contributed by atoms with Gasteiger partial charge in [0, 0.05) is 17.6 Å². The van der Waals surface area contributed by atoms with E-state index in [1.807, 2.05) is 32.0 Å². The Morgan fingerprint density at radius 2 is 2.07 bits per heavy atom. The molecule has 2 heterocycles. The van der Waals surface area contributed by atoms with E-state index in [1.54, 1.807) is 5.38 Å². The largest absolute Gasteiger partial charge is 0.355 e. The number of carbonyl (C=O) groups excluding carboxylic acids is 3.